The van der Waals surface area contributed by atoms with Gasteiger partial charge in [0.2, 0.25) is 5.91 Å². The molecule has 1 saturated heterocycles. The van der Waals surface area contributed by atoms with Crippen molar-refractivity contribution in [2.75, 3.05) is 13.1 Å². The van der Waals surface area contributed by atoms with E-state index in [1.165, 1.54) is 6.42 Å². The molecule has 1 amide bonds. The number of nitrogens with zero attached hydrogens (tertiary/aromatic N) is 1. The maximum absolute atomic E-state index is 12.5. The molecule has 2 aliphatic rings. The van der Waals surface area contributed by atoms with Crippen molar-refractivity contribution in [2.45, 2.75) is 31.6 Å². The lowest BCUT2D eigenvalue weighted by molar-refractivity contribution is -0.133. The van der Waals surface area contributed by atoms with Gasteiger partial charge >= 0.3 is 0 Å². The van der Waals surface area contributed by atoms with E-state index < -0.39 is 0 Å². The normalized spacial score (nSPS) is 23.0. The summed E-state index contributed by atoms with van der Waals surface area (Å²) in [6.07, 6.45) is 3.75. The van der Waals surface area contributed by atoms with Gasteiger partial charge in [0.15, 0.2) is 5.78 Å². The van der Waals surface area contributed by atoms with Crippen LogP contribution in [0.3, 0.4) is 0 Å². The molecule has 18 heavy (non-hydrogen) atoms. The molecule has 1 aromatic carbocycles. The first kappa shape index (κ1) is 11.5. The van der Waals surface area contributed by atoms with Crippen molar-refractivity contribution in [1.29, 1.82) is 0 Å². The summed E-state index contributed by atoms with van der Waals surface area (Å²) < 4.78 is 0. The van der Waals surface area contributed by atoms with E-state index in [0.29, 0.717) is 6.42 Å². The van der Waals surface area contributed by atoms with E-state index >= 15 is 0 Å². The zero-order chi connectivity index (χ0) is 12.5. The van der Waals surface area contributed by atoms with Crippen molar-refractivity contribution in [1.82, 2.24) is 4.90 Å². The number of piperidine rings is 1. The van der Waals surface area contributed by atoms with E-state index in [0.717, 1.165) is 37.1 Å². The van der Waals surface area contributed by atoms with Crippen LogP contribution in [-0.4, -0.2) is 29.7 Å². The van der Waals surface area contributed by atoms with Crippen LogP contribution in [0.4, 0.5) is 0 Å². The van der Waals surface area contributed by atoms with Crippen LogP contribution >= 0.6 is 0 Å². The van der Waals surface area contributed by atoms with Gasteiger partial charge in [-0.2, -0.15) is 0 Å². The fourth-order valence-corrected chi connectivity index (χ4v) is 3.02. The van der Waals surface area contributed by atoms with Crippen LogP contribution in [0.1, 0.15) is 47.5 Å². The van der Waals surface area contributed by atoms with Gasteiger partial charge in [0.25, 0.3) is 0 Å². The number of Topliss-reactive ketones (excluding diaryl/α,β-unsaturated/α-hetero) is 1. The lowest BCUT2D eigenvalue weighted by Crippen LogP contribution is -2.38. The van der Waals surface area contributed by atoms with Crippen LogP contribution in [0.2, 0.25) is 0 Å². The molecule has 0 N–H and O–H groups in total. The first-order valence-corrected chi connectivity index (χ1v) is 6.68. The van der Waals surface area contributed by atoms with Crippen LogP contribution in [0.5, 0.6) is 0 Å². The number of hydrogen-bond acceptors (Lipinski definition) is 2. The van der Waals surface area contributed by atoms with Gasteiger partial charge in [-0.1, -0.05) is 24.3 Å². The minimum absolute atomic E-state index is 0.112. The van der Waals surface area contributed by atoms with Gasteiger partial charge in [-0.15, -0.1) is 0 Å². The van der Waals surface area contributed by atoms with Crippen LogP contribution in [-0.2, 0) is 4.79 Å². The Morgan fingerprint density at radius 3 is 2.61 bits per heavy atom. The predicted molar refractivity (Wildman–Crippen MR) is 68.6 cm³/mol. The second kappa shape index (κ2) is 4.56. The topological polar surface area (TPSA) is 37.4 Å². The molecule has 1 heterocycles. The number of benzene rings is 1. The molecule has 1 aliphatic heterocycles. The molecule has 1 unspecified atom stereocenters. The molecule has 0 spiro atoms. The minimum atomic E-state index is -0.230. The van der Waals surface area contributed by atoms with E-state index in [1.807, 2.05) is 29.2 Å². The highest BCUT2D eigenvalue weighted by atomic mass is 16.2. The standard InChI is InChI=1S/C15H17NO2/c17-14-10-13(11-6-2-3-7-12(11)14)15(18)16-8-4-1-5-9-16/h2-3,6-7,13H,1,4-5,8-10H2. The summed E-state index contributed by atoms with van der Waals surface area (Å²) in [6, 6.07) is 7.53. The number of hydrogen-bond donors (Lipinski definition) is 0. The van der Waals surface area contributed by atoms with Crippen molar-refractivity contribution in [3.63, 3.8) is 0 Å². The molecule has 1 aliphatic carbocycles. The van der Waals surface area contributed by atoms with Gasteiger partial charge in [0.1, 0.15) is 0 Å². The zero-order valence-corrected chi connectivity index (χ0v) is 10.4. The largest absolute Gasteiger partial charge is 0.342 e. The fraction of sp³-hybridized carbons (Fsp3) is 0.467. The SMILES string of the molecule is O=C1CC(C(=O)N2CCCCC2)c2ccccc21. The fourth-order valence-electron chi connectivity index (χ4n) is 3.02. The Kier molecular flexibility index (Phi) is 2.90. The molecule has 0 saturated carbocycles. The molecule has 3 nitrogen and oxygen atoms in total. The molecule has 0 aromatic heterocycles. The Morgan fingerprint density at radius 2 is 1.83 bits per heavy atom. The molecule has 1 fully saturated rings. The third-order valence-electron chi connectivity index (χ3n) is 3.99. The van der Waals surface area contributed by atoms with Crippen LogP contribution in [0, 0.1) is 0 Å². The van der Waals surface area contributed by atoms with E-state index in [1.54, 1.807) is 0 Å². The van der Waals surface area contributed by atoms with Crippen molar-refractivity contribution in [2.24, 2.45) is 0 Å². The molecule has 94 valence electrons. The van der Waals surface area contributed by atoms with Gasteiger partial charge in [-0.25, -0.2) is 0 Å². The van der Waals surface area contributed by atoms with Gasteiger partial charge in [0.05, 0.1) is 5.92 Å². The minimum Gasteiger partial charge on any atom is -0.342 e. The lowest BCUT2D eigenvalue weighted by atomic mass is 9.98. The average Bonchev–Trinajstić information content (AvgIpc) is 2.77. The quantitative estimate of drug-likeness (QED) is 0.759. The summed E-state index contributed by atoms with van der Waals surface area (Å²) in [5, 5.41) is 0. The Labute approximate surface area is 107 Å². The first-order valence-electron chi connectivity index (χ1n) is 6.68. The third kappa shape index (κ3) is 1.84. The highest BCUT2D eigenvalue weighted by Crippen LogP contribution is 2.34. The Morgan fingerprint density at radius 1 is 1.11 bits per heavy atom. The average molecular weight is 243 g/mol. The summed E-state index contributed by atoms with van der Waals surface area (Å²) in [6.45, 7) is 1.71. The van der Waals surface area contributed by atoms with Crippen LogP contribution in [0.25, 0.3) is 0 Å². The molecule has 0 bridgehead atoms. The van der Waals surface area contributed by atoms with E-state index in [-0.39, 0.29) is 17.6 Å². The smallest absolute Gasteiger partial charge is 0.230 e. The number of amides is 1. The second-order valence-corrected chi connectivity index (χ2v) is 5.15. The van der Waals surface area contributed by atoms with Gasteiger partial charge in [-0.05, 0) is 24.8 Å². The van der Waals surface area contributed by atoms with E-state index in [2.05, 4.69) is 0 Å². The number of carbonyl (C=O) groups is 2. The van der Waals surface area contributed by atoms with Crippen LogP contribution < -0.4 is 0 Å². The molecule has 3 rings (SSSR count). The monoisotopic (exact) mass is 243 g/mol. The summed E-state index contributed by atoms with van der Waals surface area (Å²) in [5.74, 6) is 0.0285. The van der Waals surface area contributed by atoms with Crippen molar-refractivity contribution in [3.05, 3.63) is 35.4 Å². The molecule has 1 atom stereocenters. The van der Waals surface area contributed by atoms with Crippen LogP contribution in [0.15, 0.2) is 24.3 Å². The van der Waals surface area contributed by atoms with Crippen molar-refractivity contribution in [3.8, 4) is 0 Å². The van der Waals surface area contributed by atoms with E-state index in [4.69, 9.17) is 0 Å². The van der Waals surface area contributed by atoms with Crippen molar-refractivity contribution < 1.29 is 9.59 Å². The number of carbonyl (C=O) groups excluding carboxylic acids is 2. The lowest BCUT2D eigenvalue weighted by Gasteiger charge is -2.29. The number of likely N-dealkylation sites (tertiary alicyclic amines) is 1. The maximum atomic E-state index is 12.5. The highest BCUT2D eigenvalue weighted by molar-refractivity contribution is 6.06. The molecular formula is C15H17NO2. The second-order valence-electron chi connectivity index (χ2n) is 5.15. The molecule has 0 radical (unpaired) electrons. The summed E-state index contributed by atoms with van der Waals surface area (Å²) in [4.78, 5) is 26.3. The Bertz CT molecular complexity index is 489. The maximum Gasteiger partial charge on any atom is 0.230 e. The molecule has 3 heteroatoms. The van der Waals surface area contributed by atoms with Crippen molar-refractivity contribution >= 4 is 11.7 Å². The summed E-state index contributed by atoms with van der Waals surface area (Å²) in [5.41, 5.74) is 1.67. The number of ketones is 1. The van der Waals surface area contributed by atoms with Gasteiger partial charge in [-0.3, -0.25) is 9.59 Å². The summed E-state index contributed by atoms with van der Waals surface area (Å²) in [7, 11) is 0. The first-order chi connectivity index (χ1) is 8.77. The zero-order valence-electron chi connectivity index (χ0n) is 10.4. The Balaban J connectivity index is 1.85. The number of fused-ring (bicyclic) bond motifs is 1. The highest BCUT2D eigenvalue weighted by Gasteiger charge is 2.36. The van der Waals surface area contributed by atoms with Gasteiger partial charge in [0, 0.05) is 25.1 Å². The summed E-state index contributed by atoms with van der Waals surface area (Å²) >= 11 is 0. The predicted octanol–water partition coefficient (Wildman–Crippen LogP) is 2.37. The van der Waals surface area contributed by atoms with E-state index in [9.17, 15) is 9.59 Å². The third-order valence-corrected chi connectivity index (χ3v) is 3.99. The molecule has 1 aromatic rings. The Hall–Kier alpha value is -1.64. The molecular weight excluding hydrogens is 226 g/mol. The number of rotatable bonds is 1. The van der Waals surface area contributed by atoms with Gasteiger partial charge < -0.3 is 4.90 Å².